The van der Waals surface area contributed by atoms with Gasteiger partial charge < -0.3 is 24.8 Å². The minimum Gasteiger partial charge on any atom is -0.466 e. The monoisotopic (exact) mass is 536 g/mol. The van der Waals surface area contributed by atoms with Gasteiger partial charge in [-0.05, 0) is 31.2 Å². The number of ether oxygens (including phenoxy) is 2. The number of alkyl halides is 1. The number of aliphatic hydroxyl groups is 1. The van der Waals surface area contributed by atoms with Gasteiger partial charge >= 0.3 is 5.97 Å². The second-order valence-electron chi connectivity index (χ2n) is 9.83. The van der Waals surface area contributed by atoms with Crippen LogP contribution in [-0.2, 0) is 30.4 Å². The van der Waals surface area contributed by atoms with Crippen molar-refractivity contribution >= 4 is 33.7 Å². The number of hydrogen-bond donors (Lipinski definition) is 2. The molecule has 3 fully saturated rings. The summed E-state index contributed by atoms with van der Waals surface area (Å²) in [6.07, 6.45) is 0.403. The summed E-state index contributed by atoms with van der Waals surface area (Å²) in [5.74, 6) is -2.56. The van der Waals surface area contributed by atoms with Gasteiger partial charge in [0.15, 0.2) is 0 Å². The quantitative estimate of drug-likeness (QED) is 0.369. The fourth-order valence-electron chi connectivity index (χ4n) is 5.97. The average molecular weight is 537 g/mol. The smallest absolute Gasteiger partial charge is 0.312 e. The molecule has 0 radical (unpaired) electrons. The van der Waals surface area contributed by atoms with Crippen LogP contribution in [0.15, 0.2) is 30.3 Å². The molecular weight excluding hydrogens is 504 g/mol. The van der Waals surface area contributed by atoms with E-state index in [0.717, 1.165) is 5.56 Å². The van der Waals surface area contributed by atoms with E-state index >= 15 is 0 Å². The molecule has 186 valence electrons. The summed E-state index contributed by atoms with van der Waals surface area (Å²) >= 11 is 3.63. The zero-order valence-electron chi connectivity index (χ0n) is 19.8. The molecular formula is C25H33BrN2O6. The van der Waals surface area contributed by atoms with E-state index in [2.05, 4.69) is 21.2 Å². The van der Waals surface area contributed by atoms with Crippen LogP contribution in [0, 0.1) is 17.8 Å². The van der Waals surface area contributed by atoms with Gasteiger partial charge in [-0.15, -0.1) is 0 Å². The first-order chi connectivity index (χ1) is 16.2. The van der Waals surface area contributed by atoms with Crippen molar-refractivity contribution < 1.29 is 29.0 Å². The Labute approximate surface area is 208 Å². The van der Waals surface area contributed by atoms with E-state index in [0.29, 0.717) is 19.4 Å². The summed E-state index contributed by atoms with van der Waals surface area (Å²) in [5, 5.41) is 13.2. The van der Waals surface area contributed by atoms with Crippen molar-refractivity contribution in [1.29, 1.82) is 0 Å². The molecule has 1 spiro atoms. The first kappa shape index (κ1) is 25.1. The van der Waals surface area contributed by atoms with Gasteiger partial charge in [-0.3, -0.25) is 14.4 Å². The van der Waals surface area contributed by atoms with Crippen molar-refractivity contribution in [1.82, 2.24) is 10.2 Å². The molecule has 1 aromatic carbocycles. The average Bonchev–Trinajstić information content (AvgIpc) is 3.40. The molecule has 2 bridgehead atoms. The molecule has 8 nitrogen and oxygen atoms in total. The molecule has 0 saturated carbocycles. The minimum absolute atomic E-state index is 0.187. The Morgan fingerprint density at radius 2 is 2.03 bits per heavy atom. The highest BCUT2D eigenvalue weighted by molar-refractivity contribution is 9.09. The standard InChI is InChI=1S/C25H33BrN2O6/c1-4-33-24(32)18-19-23(31)28(16(13-29)10-14(2)3)21(25(19)11-17(26)20(18)34-25)22(30)27-12-15-8-6-5-7-9-15/h5-9,14,16-21,29H,4,10-13H2,1-3H3,(H,27,30)/t16-,17?,18+,19-,20+,21+,25-/m1/s1. The Morgan fingerprint density at radius 3 is 2.65 bits per heavy atom. The number of carbonyl (C=O) groups is 3. The third-order valence-electron chi connectivity index (χ3n) is 7.19. The number of amides is 2. The van der Waals surface area contributed by atoms with Crippen LogP contribution in [0.4, 0.5) is 0 Å². The number of hydrogen-bond acceptors (Lipinski definition) is 6. The number of carbonyl (C=O) groups excluding carboxylic acids is 3. The number of aliphatic hydroxyl groups excluding tert-OH is 1. The highest BCUT2D eigenvalue weighted by atomic mass is 79.9. The van der Waals surface area contributed by atoms with Gasteiger partial charge in [0.1, 0.15) is 11.6 Å². The van der Waals surface area contributed by atoms with E-state index in [1.54, 1.807) is 6.92 Å². The van der Waals surface area contributed by atoms with E-state index in [4.69, 9.17) is 9.47 Å². The first-order valence-electron chi connectivity index (χ1n) is 12.0. The fourth-order valence-corrected chi connectivity index (χ4v) is 6.91. The Kier molecular flexibility index (Phi) is 7.36. The molecule has 34 heavy (non-hydrogen) atoms. The molecule has 1 unspecified atom stereocenters. The van der Waals surface area contributed by atoms with E-state index in [1.165, 1.54) is 4.90 Å². The Morgan fingerprint density at radius 1 is 1.32 bits per heavy atom. The van der Waals surface area contributed by atoms with Gasteiger partial charge in [-0.1, -0.05) is 60.1 Å². The van der Waals surface area contributed by atoms with Gasteiger partial charge in [0.2, 0.25) is 11.8 Å². The molecule has 3 heterocycles. The molecule has 3 aliphatic rings. The van der Waals surface area contributed by atoms with Crippen LogP contribution in [0.25, 0.3) is 0 Å². The molecule has 0 aromatic heterocycles. The second kappa shape index (κ2) is 9.95. The molecule has 1 aromatic rings. The molecule has 0 aliphatic carbocycles. The SMILES string of the molecule is CCOC(=O)[C@@H]1[C@H]2O[C@@]3(CC2Br)[C@H](C(=O)NCc2ccccc2)N([C@@H](CO)CC(C)C)C(=O)[C@@H]13. The lowest BCUT2D eigenvalue weighted by Crippen LogP contribution is -2.58. The molecule has 7 atom stereocenters. The van der Waals surface area contributed by atoms with Crippen LogP contribution in [0.3, 0.4) is 0 Å². The van der Waals surface area contributed by atoms with Crippen molar-refractivity contribution in [2.45, 2.75) is 68.8 Å². The van der Waals surface area contributed by atoms with Crippen LogP contribution < -0.4 is 5.32 Å². The predicted octanol–water partition coefficient (Wildman–Crippen LogP) is 2.02. The maximum absolute atomic E-state index is 13.9. The topological polar surface area (TPSA) is 105 Å². The Bertz CT molecular complexity index is 927. The number of nitrogens with one attached hydrogen (secondary N) is 1. The maximum atomic E-state index is 13.9. The summed E-state index contributed by atoms with van der Waals surface area (Å²) in [6.45, 7) is 5.95. The summed E-state index contributed by atoms with van der Waals surface area (Å²) in [6, 6.07) is 8.02. The number of likely N-dealkylation sites (tertiary alicyclic amines) is 1. The Hall–Kier alpha value is -1.97. The third kappa shape index (κ3) is 4.16. The van der Waals surface area contributed by atoms with Crippen LogP contribution in [-0.4, -0.2) is 69.6 Å². The summed E-state index contributed by atoms with van der Waals surface area (Å²) < 4.78 is 11.7. The Balaban J connectivity index is 1.71. The predicted molar refractivity (Wildman–Crippen MR) is 128 cm³/mol. The lowest BCUT2D eigenvalue weighted by atomic mass is 9.70. The van der Waals surface area contributed by atoms with E-state index in [1.807, 2.05) is 44.2 Å². The zero-order chi connectivity index (χ0) is 24.6. The molecule has 2 amide bonds. The zero-order valence-corrected chi connectivity index (χ0v) is 21.4. The fraction of sp³-hybridized carbons (Fsp3) is 0.640. The molecule has 4 rings (SSSR count). The highest BCUT2D eigenvalue weighted by Gasteiger charge is 2.77. The second-order valence-corrected chi connectivity index (χ2v) is 11.0. The van der Waals surface area contributed by atoms with Gasteiger partial charge in [0.05, 0.1) is 37.2 Å². The van der Waals surface area contributed by atoms with Crippen molar-refractivity contribution in [3.63, 3.8) is 0 Å². The number of rotatable bonds is 9. The van der Waals surface area contributed by atoms with Crippen LogP contribution >= 0.6 is 15.9 Å². The van der Waals surface area contributed by atoms with E-state index < -0.39 is 41.6 Å². The van der Waals surface area contributed by atoms with E-state index in [-0.39, 0.29) is 35.8 Å². The largest absolute Gasteiger partial charge is 0.466 e. The summed E-state index contributed by atoms with van der Waals surface area (Å²) in [7, 11) is 0. The van der Waals surface area contributed by atoms with Gasteiger partial charge in [-0.25, -0.2) is 0 Å². The molecule has 2 N–H and O–H groups in total. The van der Waals surface area contributed by atoms with E-state index in [9.17, 15) is 19.5 Å². The van der Waals surface area contributed by atoms with Crippen LogP contribution in [0.5, 0.6) is 0 Å². The normalized spacial score (nSPS) is 32.7. The minimum atomic E-state index is -1.15. The number of esters is 1. The third-order valence-corrected chi connectivity index (χ3v) is 8.04. The number of nitrogens with zero attached hydrogens (tertiary/aromatic N) is 1. The van der Waals surface area contributed by atoms with Crippen LogP contribution in [0.2, 0.25) is 0 Å². The molecule has 3 aliphatic heterocycles. The number of halogens is 1. The van der Waals surface area contributed by atoms with Crippen molar-refractivity contribution in [3.05, 3.63) is 35.9 Å². The molecule has 3 saturated heterocycles. The maximum Gasteiger partial charge on any atom is 0.312 e. The summed E-state index contributed by atoms with van der Waals surface area (Å²) in [5.41, 5.74) is -0.223. The van der Waals surface area contributed by atoms with Gasteiger partial charge in [-0.2, -0.15) is 0 Å². The van der Waals surface area contributed by atoms with Gasteiger partial charge in [0.25, 0.3) is 0 Å². The number of fused-ring (bicyclic) bond motifs is 1. The van der Waals surface area contributed by atoms with Crippen molar-refractivity contribution in [2.24, 2.45) is 17.8 Å². The van der Waals surface area contributed by atoms with Crippen LogP contribution in [0.1, 0.15) is 39.2 Å². The highest BCUT2D eigenvalue weighted by Crippen LogP contribution is 2.60. The van der Waals surface area contributed by atoms with Crippen molar-refractivity contribution in [3.8, 4) is 0 Å². The summed E-state index contributed by atoms with van der Waals surface area (Å²) in [4.78, 5) is 41.9. The number of benzene rings is 1. The first-order valence-corrected chi connectivity index (χ1v) is 12.9. The van der Waals surface area contributed by atoms with Crippen molar-refractivity contribution in [2.75, 3.05) is 13.2 Å². The molecule has 9 heteroatoms. The lowest BCUT2D eigenvalue weighted by Gasteiger charge is -2.37. The van der Waals surface area contributed by atoms with Gasteiger partial charge in [0, 0.05) is 11.4 Å². The lowest BCUT2D eigenvalue weighted by molar-refractivity contribution is -0.155.